The van der Waals surface area contributed by atoms with E-state index in [1.807, 2.05) is 0 Å². The number of nitrogens with one attached hydrogen (secondary N) is 1. The van der Waals surface area contributed by atoms with Gasteiger partial charge in [0.2, 0.25) is 0 Å². The summed E-state index contributed by atoms with van der Waals surface area (Å²) in [6.45, 7) is 1.69. The van der Waals surface area contributed by atoms with Crippen molar-refractivity contribution in [3.05, 3.63) is 58.1 Å². The molecule has 22 heavy (non-hydrogen) atoms. The molecule has 0 saturated heterocycles. The van der Waals surface area contributed by atoms with Crippen molar-refractivity contribution in [3.8, 4) is 0 Å². The van der Waals surface area contributed by atoms with Gasteiger partial charge in [-0.1, -0.05) is 28.1 Å². The summed E-state index contributed by atoms with van der Waals surface area (Å²) in [6, 6.07) is 8.57. The fourth-order valence-corrected chi connectivity index (χ4v) is 3.28. The highest BCUT2D eigenvalue weighted by Crippen LogP contribution is 2.31. The first kappa shape index (κ1) is 16.8. The predicted octanol–water partition coefficient (Wildman–Crippen LogP) is 4.58. The number of aryl methyl sites for hydroxylation is 1. The smallest absolute Gasteiger partial charge is 0.279 e. The molecule has 0 aliphatic carbocycles. The number of anilines is 1. The molecule has 3 nitrogen and oxygen atoms in total. The SMILES string of the molecule is Cc1ccc(Br)cc1NS(=O)(=O)c1cccc(C(F)(F)F)c1. The van der Waals surface area contributed by atoms with Gasteiger partial charge in [0, 0.05) is 4.47 Å². The van der Waals surface area contributed by atoms with E-state index < -0.39 is 26.7 Å². The molecule has 2 rings (SSSR count). The third-order valence-corrected chi connectivity index (χ3v) is 4.77. The molecule has 0 aliphatic heterocycles. The summed E-state index contributed by atoms with van der Waals surface area (Å²) in [4.78, 5) is -0.443. The van der Waals surface area contributed by atoms with Crippen LogP contribution in [0.25, 0.3) is 0 Å². The Labute approximate surface area is 134 Å². The molecule has 0 heterocycles. The molecule has 1 N–H and O–H groups in total. The van der Waals surface area contributed by atoms with E-state index in [9.17, 15) is 21.6 Å². The number of rotatable bonds is 3. The Morgan fingerprint density at radius 1 is 1.09 bits per heavy atom. The zero-order valence-corrected chi connectivity index (χ0v) is 13.7. The van der Waals surface area contributed by atoms with Crippen LogP contribution in [-0.4, -0.2) is 8.42 Å². The van der Waals surface area contributed by atoms with Gasteiger partial charge in [-0.25, -0.2) is 8.42 Å². The van der Waals surface area contributed by atoms with Crippen molar-refractivity contribution in [3.63, 3.8) is 0 Å². The Kier molecular flexibility index (Phi) is 4.53. The van der Waals surface area contributed by atoms with Crippen molar-refractivity contribution in [2.24, 2.45) is 0 Å². The minimum absolute atomic E-state index is 0.298. The number of hydrogen-bond acceptors (Lipinski definition) is 2. The van der Waals surface area contributed by atoms with Gasteiger partial charge >= 0.3 is 6.18 Å². The summed E-state index contributed by atoms with van der Waals surface area (Å²) in [6.07, 6.45) is -4.60. The number of hydrogen-bond donors (Lipinski definition) is 1. The third kappa shape index (κ3) is 3.80. The van der Waals surface area contributed by atoms with Gasteiger partial charge in [0.05, 0.1) is 16.1 Å². The molecule has 0 spiro atoms. The van der Waals surface area contributed by atoms with E-state index >= 15 is 0 Å². The van der Waals surface area contributed by atoms with E-state index in [-0.39, 0.29) is 0 Å². The van der Waals surface area contributed by atoms with Crippen LogP contribution in [0.4, 0.5) is 18.9 Å². The average Bonchev–Trinajstić information content (AvgIpc) is 2.42. The largest absolute Gasteiger partial charge is 0.416 e. The number of benzene rings is 2. The molecule has 0 fully saturated rings. The lowest BCUT2D eigenvalue weighted by atomic mass is 10.2. The van der Waals surface area contributed by atoms with Crippen LogP contribution in [0.3, 0.4) is 0 Å². The minimum atomic E-state index is -4.60. The van der Waals surface area contributed by atoms with E-state index in [4.69, 9.17) is 0 Å². The summed E-state index contributed by atoms with van der Waals surface area (Å²) >= 11 is 3.21. The van der Waals surface area contributed by atoms with Crippen LogP contribution < -0.4 is 4.72 Å². The lowest BCUT2D eigenvalue weighted by Crippen LogP contribution is -2.15. The normalized spacial score (nSPS) is 12.2. The first-order valence-electron chi connectivity index (χ1n) is 6.06. The average molecular weight is 394 g/mol. The molecular formula is C14H11BrF3NO2S. The van der Waals surface area contributed by atoms with Crippen LogP contribution in [0.5, 0.6) is 0 Å². The molecule has 0 amide bonds. The predicted molar refractivity (Wildman–Crippen MR) is 81.1 cm³/mol. The number of sulfonamides is 1. The van der Waals surface area contributed by atoms with Crippen LogP contribution in [0, 0.1) is 6.92 Å². The van der Waals surface area contributed by atoms with Crippen molar-refractivity contribution in [1.82, 2.24) is 0 Å². The number of alkyl halides is 3. The third-order valence-electron chi connectivity index (χ3n) is 2.92. The second kappa shape index (κ2) is 5.92. The highest BCUT2D eigenvalue weighted by molar-refractivity contribution is 9.10. The van der Waals surface area contributed by atoms with E-state index in [2.05, 4.69) is 20.7 Å². The quantitative estimate of drug-likeness (QED) is 0.829. The molecule has 2 aromatic carbocycles. The maximum atomic E-state index is 12.7. The van der Waals surface area contributed by atoms with E-state index in [0.29, 0.717) is 21.8 Å². The maximum absolute atomic E-state index is 12.7. The zero-order valence-electron chi connectivity index (χ0n) is 11.3. The Balaban J connectivity index is 2.41. The molecule has 0 unspecified atom stereocenters. The zero-order chi connectivity index (χ0) is 16.5. The highest BCUT2D eigenvalue weighted by Gasteiger charge is 2.31. The topological polar surface area (TPSA) is 46.2 Å². The molecule has 0 aromatic heterocycles. The fourth-order valence-electron chi connectivity index (χ4n) is 1.75. The van der Waals surface area contributed by atoms with Gasteiger partial charge in [0.15, 0.2) is 0 Å². The van der Waals surface area contributed by atoms with Gasteiger partial charge in [-0.2, -0.15) is 13.2 Å². The molecule has 2 aromatic rings. The standard InChI is InChI=1S/C14H11BrF3NO2S/c1-9-5-6-11(15)8-13(9)19-22(20,21)12-4-2-3-10(7-12)14(16,17)18/h2-8,19H,1H3. The summed E-state index contributed by atoms with van der Waals surface area (Å²) in [5.74, 6) is 0. The summed E-state index contributed by atoms with van der Waals surface area (Å²) in [5, 5.41) is 0. The summed E-state index contributed by atoms with van der Waals surface area (Å²) in [7, 11) is -4.11. The first-order valence-corrected chi connectivity index (χ1v) is 8.33. The van der Waals surface area contributed by atoms with Crippen LogP contribution in [-0.2, 0) is 16.2 Å². The van der Waals surface area contributed by atoms with Crippen LogP contribution in [0.1, 0.15) is 11.1 Å². The Morgan fingerprint density at radius 3 is 2.41 bits per heavy atom. The molecule has 0 aliphatic rings. The highest BCUT2D eigenvalue weighted by atomic mass is 79.9. The van der Waals surface area contributed by atoms with Gasteiger partial charge in [-0.05, 0) is 42.8 Å². The van der Waals surface area contributed by atoms with Gasteiger partial charge in [-0.3, -0.25) is 4.72 Å². The summed E-state index contributed by atoms with van der Waals surface area (Å²) < 4.78 is 65.5. The monoisotopic (exact) mass is 393 g/mol. The van der Waals surface area contributed by atoms with E-state index in [0.717, 1.165) is 18.2 Å². The van der Waals surface area contributed by atoms with Crippen molar-refractivity contribution in [1.29, 1.82) is 0 Å². The molecule has 0 bridgehead atoms. The fraction of sp³-hybridized carbons (Fsp3) is 0.143. The second-order valence-corrected chi connectivity index (χ2v) is 7.19. The van der Waals surface area contributed by atoms with Gasteiger partial charge in [0.25, 0.3) is 10.0 Å². The minimum Gasteiger partial charge on any atom is -0.279 e. The Bertz CT molecular complexity index is 804. The molecule has 8 heteroatoms. The molecular weight excluding hydrogens is 383 g/mol. The lowest BCUT2D eigenvalue weighted by molar-refractivity contribution is -0.137. The van der Waals surface area contributed by atoms with Crippen molar-refractivity contribution in [2.75, 3.05) is 4.72 Å². The van der Waals surface area contributed by atoms with Crippen molar-refractivity contribution >= 4 is 31.6 Å². The molecule has 0 saturated carbocycles. The second-order valence-electron chi connectivity index (χ2n) is 4.59. The lowest BCUT2D eigenvalue weighted by Gasteiger charge is -2.12. The van der Waals surface area contributed by atoms with Gasteiger partial charge in [-0.15, -0.1) is 0 Å². The Morgan fingerprint density at radius 2 is 1.77 bits per heavy atom. The van der Waals surface area contributed by atoms with Crippen LogP contribution >= 0.6 is 15.9 Å². The molecule has 0 radical (unpaired) electrons. The Hall–Kier alpha value is -1.54. The summed E-state index contributed by atoms with van der Waals surface area (Å²) in [5.41, 5.74) is -0.0631. The molecule has 0 atom stereocenters. The maximum Gasteiger partial charge on any atom is 0.416 e. The van der Waals surface area contributed by atoms with Gasteiger partial charge < -0.3 is 0 Å². The van der Waals surface area contributed by atoms with Gasteiger partial charge in [0.1, 0.15) is 0 Å². The first-order chi connectivity index (χ1) is 10.1. The van der Waals surface area contributed by atoms with Crippen LogP contribution in [0.15, 0.2) is 51.8 Å². The van der Waals surface area contributed by atoms with Crippen LogP contribution in [0.2, 0.25) is 0 Å². The number of halogens is 4. The molecule has 118 valence electrons. The van der Waals surface area contributed by atoms with Crippen molar-refractivity contribution in [2.45, 2.75) is 18.0 Å². The van der Waals surface area contributed by atoms with E-state index in [1.54, 1.807) is 25.1 Å². The van der Waals surface area contributed by atoms with Crippen molar-refractivity contribution < 1.29 is 21.6 Å². The van der Waals surface area contributed by atoms with E-state index in [1.165, 1.54) is 0 Å².